The number of amidine groups is 1. The van der Waals surface area contributed by atoms with E-state index in [1.54, 1.807) is 0 Å². The number of hydrogen-bond acceptors (Lipinski definition) is 4. The summed E-state index contributed by atoms with van der Waals surface area (Å²) >= 11 is 0. The number of ether oxygens (including phenoxy) is 1. The van der Waals surface area contributed by atoms with Crippen molar-refractivity contribution in [1.29, 1.82) is 0 Å². The average Bonchev–Trinajstić information content (AvgIpc) is 2.38. The molecule has 1 unspecified atom stereocenters. The Bertz CT molecular complexity index is 506. The summed E-state index contributed by atoms with van der Waals surface area (Å²) in [6.45, 7) is 6.18. The van der Waals surface area contributed by atoms with Crippen LogP contribution in [-0.2, 0) is 0 Å². The van der Waals surface area contributed by atoms with E-state index in [0.717, 1.165) is 29.9 Å². The minimum atomic E-state index is 0.166. The van der Waals surface area contributed by atoms with E-state index in [4.69, 9.17) is 10.5 Å². The lowest BCUT2D eigenvalue weighted by molar-refractivity contribution is 0.242. The van der Waals surface area contributed by atoms with Crippen molar-refractivity contribution < 1.29 is 4.74 Å². The molecule has 2 rings (SSSR count). The molecule has 4 nitrogen and oxygen atoms in total. The minimum absolute atomic E-state index is 0.166. The topological polar surface area (TPSA) is 60.0 Å². The van der Waals surface area contributed by atoms with Gasteiger partial charge in [0, 0.05) is 17.9 Å². The van der Waals surface area contributed by atoms with Crippen LogP contribution in [0.2, 0.25) is 0 Å². The smallest absolute Gasteiger partial charge is 0.123 e. The van der Waals surface area contributed by atoms with Crippen molar-refractivity contribution in [3.8, 4) is 5.75 Å². The van der Waals surface area contributed by atoms with Gasteiger partial charge in [-0.05, 0) is 32.4 Å². The van der Waals surface area contributed by atoms with Crippen LogP contribution in [0.5, 0.6) is 5.75 Å². The summed E-state index contributed by atoms with van der Waals surface area (Å²) in [7, 11) is 0. The van der Waals surface area contributed by atoms with Gasteiger partial charge in [0.05, 0.1) is 11.8 Å². The first-order chi connectivity index (χ1) is 9.10. The number of nitrogens with zero attached hydrogens (tertiary/aromatic N) is 2. The highest BCUT2D eigenvalue weighted by Gasteiger charge is 2.21. The molecule has 1 atom stereocenters. The molecule has 0 radical (unpaired) electrons. The molecular weight excluding hydrogens is 238 g/mol. The zero-order valence-corrected chi connectivity index (χ0v) is 11.8. The van der Waals surface area contributed by atoms with E-state index in [2.05, 4.69) is 17.1 Å². The summed E-state index contributed by atoms with van der Waals surface area (Å²) < 4.78 is 5.72. The van der Waals surface area contributed by atoms with E-state index >= 15 is 0 Å². The third-order valence-electron chi connectivity index (χ3n) is 3.12. The Hall–Kier alpha value is -1.84. The summed E-state index contributed by atoms with van der Waals surface area (Å²) in [5.74, 6) is 1.82. The second kappa shape index (κ2) is 5.87. The molecule has 2 N–H and O–H groups in total. The molecule has 1 aliphatic rings. The first-order valence-electron chi connectivity index (χ1n) is 6.77. The van der Waals surface area contributed by atoms with E-state index in [1.165, 1.54) is 0 Å². The highest BCUT2D eigenvalue weighted by Crippen LogP contribution is 2.23. The molecule has 0 aliphatic carbocycles. The lowest BCUT2D eigenvalue weighted by atomic mass is 9.90. The number of rotatable bonds is 4. The zero-order chi connectivity index (χ0) is 13.8. The number of nitrogens with two attached hydrogens (primary N) is 1. The van der Waals surface area contributed by atoms with Crippen LogP contribution in [0.4, 0.5) is 0 Å². The van der Waals surface area contributed by atoms with Crippen molar-refractivity contribution in [3.05, 3.63) is 29.8 Å². The Morgan fingerprint density at radius 1 is 1.37 bits per heavy atom. The van der Waals surface area contributed by atoms with Gasteiger partial charge in [-0.2, -0.15) is 5.10 Å². The van der Waals surface area contributed by atoms with Crippen LogP contribution in [0.25, 0.3) is 0 Å². The third-order valence-corrected chi connectivity index (χ3v) is 3.12. The Morgan fingerprint density at radius 3 is 2.84 bits per heavy atom. The molecule has 1 aromatic rings. The molecule has 0 spiro atoms. The summed E-state index contributed by atoms with van der Waals surface area (Å²) in [6, 6.07) is 8.03. The highest BCUT2D eigenvalue weighted by molar-refractivity contribution is 6.06. The van der Waals surface area contributed by atoms with Crippen molar-refractivity contribution in [2.24, 2.45) is 21.9 Å². The Labute approximate surface area is 114 Å². The van der Waals surface area contributed by atoms with Crippen LogP contribution in [0.3, 0.4) is 0 Å². The first kappa shape index (κ1) is 13.6. The van der Waals surface area contributed by atoms with Crippen LogP contribution >= 0.6 is 0 Å². The van der Waals surface area contributed by atoms with Gasteiger partial charge in [-0.3, -0.25) is 0 Å². The van der Waals surface area contributed by atoms with E-state index in [9.17, 15) is 0 Å². The number of benzene rings is 1. The van der Waals surface area contributed by atoms with Gasteiger partial charge < -0.3 is 10.5 Å². The van der Waals surface area contributed by atoms with Crippen LogP contribution in [0.1, 0.15) is 39.2 Å². The second-order valence-corrected chi connectivity index (χ2v) is 5.08. The predicted octanol–water partition coefficient (Wildman–Crippen LogP) is 2.97. The van der Waals surface area contributed by atoms with Gasteiger partial charge >= 0.3 is 0 Å². The van der Waals surface area contributed by atoms with Gasteiger partial charge in [0.15, 0.2) is 0 Å². The molecule has 1 heterocycles. The molecule has 19 heavy (non-hydrogen) atoms. The van der Waals surface area contributed by atoms with Crippen LogP contribution < -0.4 is 10.5 Å². The molecule has 0 saturated carbocycles. The van der Waals surface area contributed by atoms with Gasteiger partial charge in [0.2, 0.25) is 0 Å². The molecular formula is C15H21N3O. The van der Waals surface area contributed by atoms with Gasteiger partial charge in [-0.15, -0.1) is 5.10 Å². The fourth-order valence-corrected chi connectivity index (χ4v) is 2.22. The van der Waals surface area contributed by atoms with E-state index in [-0.39, 0.29) is 6.10 Å². The molecule has 0 amide bonds. The normalized spacial score (nSPS) is 19.1. The second-order valence-electron chi connectivity index (χ2n) is 5.08. The molecule has 0 aromatic heterocycles. The maximum Gasteiger partial charge on any atom is 0.123 e. The Balaban J connectivity index is 2.30. The quantitative estimate of drug-likeness (QED) is 0.903. The van der Waals surface area contributed by atoms with Gasteiger partial charge in [0.1, 0.15) is 11.6 Å². The van der Waals surface area contributed by atoms with Crippen molar-refractivity contribution in [2.45, 2.75) is 39.7 Å². The minimum Gasteiger partial charge on any atom is -0.491 e. The lowest BCUT2D eigenvalue weighted by Gasteiger charge is -2.20. The van der Waals surface area contributed by atoms with Crippen molar-refractivity contribution >= 4 is 11.5 Å². The highest BCUT2D eigenvalue weighted by atomic mass is 16.5. The van der Waals surface area contributed by atoms with Gasteiger partial charge in [-0.1, -0.05) is 19.1 Å². The molecule has 0 bridgehead atoms. The zero-order valence-electron chi connectivity index (χ0n) is 11.8. The standard InChI is InChI=1S/C15H21N3O/c1-4-11-9-14(16)17-18-15(11)12-6-5-7-13(8-12)19-10(2)3/h5-8,10-11H,4,9H2,1-3H3,(H2,16,17). The van der Waals surface area contributed by atoms with Crippen LogP contribution in [0.15, 0.2) is 34.5 Å². The maximum absolute atomic E-state index is 5.76. The molecule has 1 aromatic carbocycles. The molecule has 1 aliphatic heterocycles. The van der Waals surface area contributed by atoms with E-state index in [1.807, 2.05) is 38.1 Å². The average molecular weight is 259 g/mol. The lowest BCUT2D eigenvalue weighted by Crippen LogP contribution is -2.26. The first-order valence-corrected chi connectivity index (χ1v) is 6.77. The van der Waals surface area contributed by atoms with Crippen molar-refractivity contribution in [3.63, 3.8) is 0 Å². The molecule has 0 saturated heterocycles. The van der Waals surface area contributed by atoms with E-state index in [0.29, 0.717) is 11.8 Å². The summed E-state index contributed by atoms with van der Waals surface area (Å²) in [5.41, 5.74) is 7.83. The monoisotopic (exact) mass is 259 g/mol. The van der Waals surface area contributed by atoms with Crippen molar-refractivity contribution in [1.82, 2.24) is 0 Å². The number of hydrogen-bond donors (Lipinski definition) is 1. The summed E-state index contributed by atoms with van der Waals surface area (Å²) in [5, 5.41) is 8.30. The summed E-state index contributed by atoms with van der Waals surface area (Å²) in [6.07, 6.45) is 1.95. The van der Waals surface area contributed by atoms with Crippen LogP contribution in [-0.4, -0.2) is 17.7 Å². The SMILES string of the molecule is CCC1CC(N)=NN=C1c1cccc(OC(C)C)c1. The van der Waals surface area contributed by atoms with Crippen molar-refractivity contribution in [2.75, 3.05) is 0 Å². The largest absolute Gasteiger partial charge is 0.491 e. The fraction of sp³-hybridized carbons (Fsp3) is 0.467. The third kappa shape index (κ3) is 3.34. The van der Waals surface area contributed by atoms with Gasteiger partial charge in [0.25, 0.3) is 0 Å². The van der Waals surface area contributed by atoms with Gasteiger partial charge in [-0.25, -0.2) is 0 Å². The van der Waals surface area contributed by atoms with E-state index < -0.39 is 0 Å². The Morgan fingerprint density at radius 2 is 2.16 bits per heavy atom. The molecule has 102 valence electrons. The molecule has 0 fully saturated rings. The predicted molar refractivity (Wildman–Crippen MR) is 78.8 cm³/mol. The summed E-state index contributed by atoms with van der Waals surface area (Å²) in [4.78, 5) is 0. The van der Waals surface area contributed by atoms with Crippen LogP contribution in [0, 0.1) is 5.92 Å². The fourth-order valence-electron chi connectivity index (χ4n) is 2.22. The Kier molecular flexibility index (Phi) is 4.20. The maximum atomic E-state index is 5.76. The molecule has 4 heteroatoms.